The first kappa shape index (κ1) is 12.2. The average Bonchev–Trinajstić information content (AvgIpc) is 2.03. The number of oxime groups is 1. The van der Waals surface area contributed by atoms with Gasteiger partial charge in [-0.25, -0.2) is 0 Å². The molecule has 0 amide bonds. The van der Waals surface area contributed by atoms with E-state index in [1.54, 1.807) is 0 Å². The zero-order chi connectivity index (χ0) is 10.3. The van der Waals surface area contributed by atoms with Crippen LogP contribution in [0.4, 0.5) is 0 Å². The van der Waals surface area contributed by atoms with Gasteiger partial charge >= 0.3 is 0 Å². The van der Waals surface area contributed by atoms with E-state index < -0.39 is 0 Å². The predicted octanol–water partition coefficient (Wildman–Crippen LogP) is -0.126. The second-order valence-corrected chi connectivity index (χ2v) is 3.63. The van der Waals surface area contributed by atoms with Crippen molar-refractivity contribution in [3.63, 3.8) is 0 Å². The SMILES string of the molecule is CC(C)(CCO)NCCC(N)=NO. The topological polar surface area (TPSA) is 90.9 Å². The fourth-order valence-corrected chi connectivity index (χ4v) is 0.947. The second kappa shape index (κ2) is 5.77. The Hall–Kier alpha value is -0.810. The first-order chi connectivity index (χ1) is 6.02. The van der Waals surface area contributed by atoms with Crippen molar-refractivity contribution in [3.8, 4) is 0 Å². The normalized spacial score (nSPS) is 13.3. The van der Waals surface area contributed by atoms with Gasteiger partial charge in [-0.3, -0.25) is 0 Å². The minimum Gasteiger partial charge on any atom is -0.409 e. The summed E-state index contributed by atoms with van der Waals surface area (Å²) in [4.78, 5) is 0. The number of nitrogens with two attached hydrogens (primary N) is 1. The summed E-state index contributed by atoms with van der Waals surface area (Å²) in [6, 6.07) is 0. The lowest BCUT2D eigenvalue weighted by atomic mass is 10.0. The molecular weight excluding hydrogens is 170 g/mol. The van der Waals surface area contributed by atoms with Gasteiger partial charge in [0, 0.05) is 25.1 Å². The molecule has 5 nitrogen and oxygen atoms in total. The largest absolute Gasteiger partial charge is 0.409 e. The van der Waals surface area contributed by atoms with E-state index in [0.29, 0.717) is 19.4 Å². The summed E-state index contributed by atoms with van der Waals surface area (Å²) >= 11 is 0. The molecule has 0 aliphatic heterocycles. The highest BCUT2D eigenvalue weighted by atomic mass is 16.4. The lowest BCUT2D eigenvalue weighted by molar-refractivity contribution is 0.232. The first-order valence-electron chi connectivity index (χ1n) is 4.34. The molecule has 0 radical (unpaired) electrons. The fraction of sp³-hybridized carbons (Fsp3) is 0.875. The molecule has 13 heavy (non-hydrogen) atoms. The highest BCUT2D eigenvalue weighted by Crippen LogP contribution is 2.06. The molecule has 0 rings (SSSR count). The van der Waals surface area contributed by atoms with E-state index in [1.807, 2.05) is 13.8 Å². The summed E-state index contributed by atoms with van der Waals surface area (Å²) < 4.78 is 0. The second-order valence-electron chi connectivity index (χ2n) is 3.63. The molecule has 0 saturated carbocycles. The van der Waals surface area contributed by atoms with E-state index in [0.717, 1.165) is 0 Å². The minimum absolute atomic E-state index is 0.107. The molecule has 78 valence electrons. The van der Waals surface area contributed by atoms with Gasteiger partial charge in [0.1, 0.15) is 5.84 Å². The maximum atomic E-state index is 8.73. The third-order valence-electron chi connectivity index (χ3n) is 1.85. The van der Waals surface area contributed by atoms with Crippen LogP contribution in [0, 0.1) is 0 Å². The summed E-state index contributed by atoms with van der Waals surface area (Å²) in [5, 5.41) is 23.0. The van der Waals surface area contributed by atoms with Gasteiger partial charge in [0.05, 0.1) is 0 Å². The zero-order valence-electron chi connectivity index (χ0n) is 8.25. The Bertz CT molecular complexity index is 169. The summed E-state index contributed by atoms with van der Waals surface area (Å²) in [7, 11) is 0. The molecule has 0 fully saturated rings. The van der Waals surface area contributed by atoms with Crippen LogP contribution >= 0.6 is 0 Å². The van der Waals surface area contributed by atoms with Crippen LogP contribution < -0.4 is 11.1 Å². The summed E-state index contributed by atoms with van der Waals surface area (Å²) in [6.07, 6.45) is 1.19. The minimum atomic E-state index is -0.107. The van der Waals surface area contributed by atoms with Crippen LogP contribution in [0.15, 0.2) is 5.16 Å². The number of aliphatic hydroxyl groups excluding tert-OH is 1. The Morgan fingerprint density at radius 2 is 2.15 bits per heavy atom. The maximum absolute atomic E-state index is 8.73. The highest BCUT2D eigenvalue weighted by Gasteiger charge is 2.15. The lowest BCUT2D eigenvalue weighted by Crippen LogP contribution is -2.41. The summed E-state index contributed by atoms with van der Waals surface area (Å²) in [6.45, 7) is 4.79. The van der Waals surface area contributed by atoms with Crippen LogP contribution in [0.25, 0.3) is 0 Å². The zero-order valence-corrected chi connectivity index (χ0v) is 8.25. The van der Waals surface area contributed by atoms with Crippen molar-refractivity contribution in [1.82, 2.24) is 5.32 Å². The van der Waals surface area contributed by atoms with Crippen molar-refractivity contribution < 1.29 is 10.3 Å². The van der Waals surface area contributed by atoms with Crippen molar-refractivity contribution in [3.05, 3.63) is 0 Å². The van der Waals surface area contributed by atoms with E-state index in [4.69, 9.17) is 16.0 Å². The Morgan fingerprint density at radius 3 is 2.62 bits per heavy atom. The number of nitrogens with one attached hydrogen (secondary N) is 1. The molecule has 0 aromatic heterocycles. The van der Waals surface area contributed by atoms with E-state index in [-0.39, 0.29) is 18.0 Å². The van der Waals surface area contributed by atoms with Gasteiger partial charge in [-0.2, -0.15) is 0 Å². The molecule has 0 aliphatic carbocycles. The van der Waals surface area contributed by atoms with Gasteiger partial charge < -0.3 is 21.4 Å². The first-order valence-corrected chi connectivity index (χ1v) is 4.34. The molecular formula is C8H19N3O2. The molecule has 0 heterocycles. The van der Waals surface area contributed by atoms with Crippen molar-refractivity contribution in [1.29, 1.82) is 0 Å². The predicted molar refractivity (Wildman–Crippen MR) is 51.8 cm³/mol. The molecule has 0 spiro atoms. The highest BCUT2D eigenvalue weighted by molar-refractivity contribution is 5.79. The van der Waals surface area contributed by atoms with Crippen LogP contribution in [0.2, 0.25) is 0 Å². The molecule has 0 aromatic rings. The number of amidine groups is 1. The van der Waals surface area contributed by atoms with Gasteiger partial charge in [-0.15, -0.1) is 0 Å². The van der Waals surface area contributed by atoms with Crippen LogP contribution in [0.1, 0.15) is 26.7 Å². The van der Waals surface area contributed by atoms with E-state index >= 15 is 0 Å². The summed E-state index contributed by atoms with van der Waals surface area (Å²) in [5.74, 6) is 0.215. The van der Waals surface area contributed by atoms with E-state index in [9.17, 15) is 0 Å². The molecule has 0 saturated heterocycles. The number of nitrogens with zero attached hydrogens (tertiary/aromatic N) is 1. The van der Waals surface area contributed by atoms with Crippen molar-refractivity contribution in [2.45, 2.75) is 32.2 Å². The van der Waals surface area contributed by atoms with Crippen LogP contribution in [0.3, 0.4) is 0 Å². The molecule has 5 heteroatoms. The quantitative estimate of drug-likeness (QED) is 0.203. The van der Waals surface area contributed by atoms with Gasteiger partial charge in [0.2, 0.25) is 0 Å². The summed E-state index contributed by atoms with van der Waals surface area (Å²) in [5.41, 5.74) is 5.18. The lowest BCUT2D eigenvalue weighted by Gasteiger charge is -2.25. The Morgan fingerprint density at radius 1 is 1.54 bits per heavy atom. The molecule has 0 aromatic carbocycles. The van der Waals surface area contributed by atoms with Crippen molar-refractivity contribution >= 4 is 5.84 Å². The Labute approximate surface area is 78.6 Å². The number of hydrogen-bond donors (Lipinski definition) is 4. The Balaban J connectivity index is 3.63. The molecule has 0 aliphatic rings. The third kappa shape index (κ3) is 6.36. The number of rotatable bonds is 6. The maximum Gasteiger partial charge on any atom is 0.140 e. The monoisotopic (exact) mass is 189 g/mol. The van der Waals surface area contributed by atoms with Crippen LogP contribution in [0.5, 0.6) is 0 Å². The van der Waals surface area contributed by atoms with Crippen LogP contribution in [-0.4, -0.2) is 34.8 Å². The van der Waals surface area contributed by atoms with E-state index in [2.05, 4.69) is 10.5 Å². The molecule has 0 unspecified atom stereocenters. The molecule has 0 bridgehead atoms. The fourth-order valence-electron chi connectivity index (χ4n) is 0.947. The van der Waals surface area contributed by atoms with Crippen molar-refractivity contribution in [2.24, 2.45) is 10.9 Å². The average molecular weight is 189 g/mol. The number of aliphatic hydroxyl groups is 1. The van der Waals surface area contributed by atoms with Gasteiger partial charge in [-0.05, 0) is 20.3 Å². The standard InChI is InChI=1S/C8H19N3O2/c1-8(2,4-6-12)10-5-3-7(9)11-13/h10,12-13H,3-6H2,1-2H3,(H2,9,11). The third-order valence-corrected chi connectivity index (χ3v) is 1.85. The van der Waals surface area contributed by atoms with E-state index in [1.165, 1.54) is 0 Å². The van der Waals surface area contributed by atoms with Crippen molar-refractivity contribution in [2.75, 3.05) is 13.2 Å². The Kier molecular flexibility index (Phi) is 5.41. The molecule has 0 atom stereocenters. The number of hydrogen-bond acceptors (Lipinski definition) is 4. The van der Waals surface area contributed by atoms with Gasteiger partial charge in [-0.1, -0.05) is 5.16 Å². The van der Waals surface area contributed by atoms with Crippen LogP contribution in [-0.2, 0) is 0 Å². The smallest absolute Gasteiger partial charge is 0.140 e. The van der Waals surface area contributed by atoms with Gasteiger partial charge in [0.25, 0.3) is 0 Å². The molecule has 5 N–H and O–H groups in total. The van der Waals surface area contributed by atoms with Gasteiger partial charge in [0.15, 0.2) is 0 Å².